The predicted octanol–water partition coefficient (Wildman–Crippen LogP) is 4.33. The van der Waals surface area contributed by atoms with Gasteiger partial charge in [-0.1, -0.05) is 43.9 Å². The van der Waals surface area contributed by atoms with E-state index in [0.29, 0.717) is 6.54 Å². The van der Waals surface area contributed by atoms with E-state index in [9.17, 15) is 0 Å². The fourth-order valence-corrected chi connectivity index (χ4v) is 2.56. The highest BCUT2D eigenvalue weighted by Crippen LogP contribution is 2.25. The zero-order valence-corrected chi connectivity index (χ0v) is 11.7. The highest BCUT2D eigenvalue weighted by molar-refractivity contribution is 6.31. The molecule has 0 aliphatic rings. The van der Waals surface area contributed by atoms with Gasteiger partial charge in [0.1, 0.15) is 0 Å². The van der Waals surface area contributed by atoms with Crippen molar-refractivity contribution in [1.29, 1.82) is 0 Å². The lowest BCUT2D eigenvalue weighted by Gasteiger charge is -2.05. The third kappa shape index (κ3) is 2.88. The predicted molar refractivity (Wildman–Crippen MR) is 79.0 cm³/mol. The van der Waals surface area contributed by atoms with Gasteiger partial charge in [-0.15, -0.1) is 0 Å². The van der Waals surface area contributed by atoms with E-state index in [1.165, 1.54) is 42.1 Å². The molecule has 0 radical (unpaired) electrons. The highest BCUT2D eigenvalue weighted by atomic mass is 35.5. The Morgan fingerprint density at radius 3 is 2.78 bits per heavy atom. The van der Waals surface area contributed by atoms with Crippen molar-refractivity contribution >= 4 is 22.5 Å². The molecule has 1 heterocycles. The maximum atomic E-state index is 6.08. The van der Waals surface area contributed by atoms with Crippen LogP contribution in [0.5, 0.6) is 0 Å². The van der Waals surface area contributed by atoms with Gasteiger partial charge in [0, 0.05) is 35.2 Å². The van der Waals surface area contributed by atoms with Crippen molar-refractivity contribution in [2.45, 2.75) is 45.7 Å². The van der Waals surface area contributed by atoms with Crippen molar-refractivity contribution in [1.82, 2.24) is 4.57 Å². The van der Waals surface area contributed by atoms with Crippen LogP contribution in [0.4, 0.5) is 0 Å². The molecule has 18 heavy (non-hydrogen) atoms. The van der Waals surface area contributed by atoms with Crippen molar-refractivity contribution in [3.63, 3.8) is 0 Å². The molecule has 0 atom stereocenters. The number of halogens is 1. The Morgan fingerprint density at radius 1 is 1.22 bits per heavy atom. The summed E-state index contributed by atoms with van der Waals surface area (Å²) in [7, 11) is 0. The first-order chi connectivity index (χ1) is 8.76. The van der Waals surface area contributed by atoms with Crippen LogP contribution in [0.25, 0.3) is 10.9 Å². The van der Waals surface area contributed by atoms with E-state index in [-0.39, 0.29) is 0 Å². The largest absolute Gasteiger partial charge is 0.347 e. The molecule has 0 spiro atoms. The van der Waals surface area contributed by atoms with E-state index in [1.54, 1.807) is 0 Å². The van der Waals surface area contributed by atoms with Crippen LogP contribution < -0.4 is 5.73 Å². The van der Waals surface area contributed by atoms with Crippen molar-refractivity contribution in [2.24, 2.45) is 5.73 Å². The molecule has 2 N–H and O–H groups in total. The highest BCUT2D eigenvalue weighted by Gasteiger charge is 2.07. The Hall–Kier alpha value is -0.990. The molecular formula is C15H21ClN2. The monoisotopic (exact) mass is 264 g/mol. The molecule has 0 aliphatic carbocycles. The SMILES string of the molecule is CCCCCCn1cc(CN)c2ccc(Cl)cc21. The first-order valence-corrected chi connectivity index (χ1v) is 7.11. The Balaban J connectivity index is 2.23. The summed E-state index contributed by atoms with van der Waals surface area (Å²) in [6.07, 6.45) is 7.26. The molecule has 3 heteroatoms. The zero-order chi connectivity index (χ0) is 13.0. The third-order valence-electron chi connectivity index (χ3n) is 3.40. The number of fused-ring (bicyclic) bond motifs is 1. The van der Waals surface area contributed by atoms with Gasteiger partial charge in [0.25, 0.3) is 0 Å². The lowest BCUT2D eigenvalue weighted by Crippen LogP contribution is -1.97. The number of hydrogen-bond acceptors (Lipinski definition) is 1. The Labute approximate surface area is 114 Å². The van der Waals surface area contributed by atoms with E-state index in [0.717, 1.165) is 11.6 Å². The lowest BCUT2D eigenvalue weighted by atomic mass is 10.2. The average molecular weight is 265 g/mol. The molecule has 0 amide bonds. The number of unbranched alkanes of at least 4 members (excludes halogenated alkanes) is 3. The first-order valence-electron chi connectivity index (χ1n) is 6.73. The van der Waals surface area contributed by atoms with Crippen LogP contribution in [0, 0.1) is 0 Å². The van der Waals surface area contributed by atoms with E-state index in [2.05, 4.69) is 23.8 Å². The molecule has 1 aromatic heterocycles. The molecule has 0 aliphatic heterocycles. The summed E-state index contributed by atoms with van der Waals surface area (Å²) in [5.41, 5.74) is 8.21. The summed E-state index contributed by atoms with van der Waals surface area (Å²) in [6.45, 7) is 3.87. The van der Waals surface area contributed by atoms with E-state index >= 15 is 0 Å². The second-order valence-corrected chi connectivity index (χ2v) is 5.21. The van der Waals surface area contributed by atoms with Crippen molar-refractivity contribution in [3.8, 4) is 0 Å². The second kappa shape index (κ2) is 6.26. The lowest BCUT2D eigenvalue weighted by molar-refractivity contribution is 0.593. The fraction of sp³-hybridized carbons (Fsp3) is 0.467. The molecule has 98 valence electrons. The van der Waals surface area contributed by atoms with Gasteiger partial charge in [0.2, 0.25) is 0 Å². The topological polar surface area (TPSA) is 30.9 Å². The Morgan fingerprint density at radius 2 is 2.06 bits per heavy atom. The minimum atomic E-state index is 0.583. The Kier molecular flexibility index (Phi) is 4.67. The molecule has 0 saturated heterocycles. The Bertz CT molecular complexity index is 516. The second-order valence-electron chi connectivity index (χ2n) is 4.77. The molecule has 0 bridgehead atoms. The molecule has 2 aromatic rings. The van der Waals surface area contributed by atoms with Crippen LogP contribution in [0.15, 0.2) is 24.4 Å². The number of rotatable bonds is 6. The van der Waals surface area contributed by atoms with Gasteiger partial charge in [0.05, 0.1) is 0 Å². The van der Waals surface area contributed by atoms with Crippen molar-refractivity contribution < 1.29 is 0 Å². The van der Waals surface area contributed by atoms with Gasteiger partial charge in [-0.3, -0.25) is 0 Å². The van der Waals surface area contributed by atoms with Gasteiger partial charge in [-0.2, -0.15) is 0 Å². The number of nitrogens with zero attached hydrogens (tertiary/aromatic N) is 1. The molecular weight excluding hydrogens is 244 g/mol. The first kappa shape index (κ1) is 13.4. The third-order valence-corrected chi connectivity index (χ3v) is 3.63. The van der Waals surface area contributed by atoms with E-state index < -0.39 is 0 Å². The van der Waals surface area contributed by atoms with Crippen LogP contribution >= 0.6 is 11.6 Å². The minimum absolute atomic E-state index is 0.583. The molecule has 0 saturated carbocycles. The van der Waals surface area contributed by atoms with Gasteiger partial charge < -0.3 is 10.3 Å². The van der Waals surface area contributed by atoms with Gasteiger partial charge in [0.15, 0.2) is 0 Å². The van der Waals surface area contributed by atoms with Crippen LogP contribution in [0.1, 0.15) is 38.2 Å². The zero-order valence-electron chi connectivity index (χ0n) is 11.0. The number of nitrogens with two attached hydrogens (primary N) is 1. The van der Waals surface area contributed by atoms with Crippen molar-refractivity contribution in [2.75, 3.05) is 0 Å². The quantitative estimate of drug-likeness (QED) is 0.774. The summed E-state index contributed by atoms with van der Waals surface area (Å²) >= 11 is 6.08. The summed E-state index contributed by atoms with van der Waals surface area (Å²) in [5, 5.41) is 2.02. The van der Waals surface area contributed by atoms with E-state index in [4.69, 9.17) is 17.3 Å². The fourth-order valence-electron chi connectivity index (χ4n) is 2.40. The number of hydrogen-bond donors (Lipinski definition) is 1. The molecule has 2 rings (SSSR count). The van der Waals surface area contributed by atoms with Crippen LogP contribution in [0.2, 0.25) is 5.02 Å². The summed E-state index contributed by atoms with van der Waals surface area (Å²) in [4.78, 5) is 0. The van der Waals surface area contributed by atoms with Gasteiger partial charge >= 0.3 is 0 Å². The number of benzene rings is 1. The van der Waals surface area contributed by atoms with Gasteiger partial charge in [-0.25, -0.2) is 0 Å². The van der Waals surface area contributed by atoms with E-state index in [1.807, 2.05) is 12.1 Å². The molecule has 1 aromatic carbocycles. The summed E-state index contributed by atoms with van der Waals surface area (Å²) in [6, 6.07) is 6.04. The standard InChI is InChI=1S/C15H21ClN2/c1-2-3-4-5-8-18-11-12(10-17)14-7-6-13(16)9-15(14)18/h6-7,9,11H,2-5,8,10,17H2,1H3. The van der Waals surface area contributed by atoms with Crippen LogP contribution in [-0.2, 0) is 13.1 Å². The maximum Gasteiger partial charge on any atom is 0.0498 e. The molecule has 0 unspecified atom stereocenters. The number of aryl methyl sites for hydroxylation is 1. The van der Waals surface area contributed by atoms with Gasteiger partial charge in [-0.05, 0) is 24.1 Å². The molecule has 2 nitrogen and oxygen atoms in total. The van der Waals surface area contributed by atoms with Crippen LogP contribution in [0.3, 0.4) is 0 Å². The van der Waals surface area contributed by atoms with Crippen molar-refractivity contribution in [3.05, 3.63) is 35.0 Å². The van der Waals surface area contributed by atoms with Crippen LogP contribution in [-0.4, -0.2) is 4.57 Å². The summed E-state index contributed by atoms with van der Waals surface area (Å²) in [5.74, 6) is 0. The summed E-state index contributed by atoms with van der Waals surface area (Å²) < 4.78 is 2.29. The molecule has 0 fully saturated rings. The number of aromatic nitrogens is 1. The average Bonchev–Trinajstić information content (AvgIpc) is 2.72. The normalized spacial score (nSPS) is 11.3. The maximum absolute atomic E-state index is 6.08. The smallest absolute Gasteiger partial charge is 0.0498 e. The minimum Gasteiger partial charge on any atom is -0.347 e.